The molecule has 1 aromatic carbocycles. The molecule has 0 saturated heterocycles. The summed E-state index contributed by atoms with van der Waals surface area (Å²) < 4.78 is 7.54. The monoisotopic (exact) mass is 474 g/mol. The highest BCUT2D eigenvalue weighted by molar-refractivity contribution is 7.98. The maximum absolute atomic E-state index is 12.4. The summed E-state index contributed by atoms with van der Waals surface area (Å²) in [4.78, 5) is 21.8. The van der Waals surface area contributed by atoms with Gasteiger partial charge >= 0.3 is 0 Å². The third-order valence-electron chi connectivity index (χ3n) is 4.67. The zero-order chi connectivity index (χ0) is 22.5. The maximum Gasteiger partial charge on any atom is 0.273 e. The fourth-order valence-electron chi connectivity index (χ4n) is 3.12. The average molecular weight is 475 g/mol. The largest absolute Gasteiger partial charge is 0.447 e. The van der Waals surface area contributed by atoms with E-state index in [9.17, 15) is 4.79 Å². The summed E-state index contributed by atoms with van der Waals surface area (Å²) in [6.07, 6.45) is 4.76. The van der Waals surface area contributed by atoms with Gasteiger partial charge in [-0.05, 0) is 35.2 Å². The van der Waals surface area contributed by atoms with E-state index in [1.54, 1.807) is 23.7 Å². The van der Waals surface area contributed by atoms with Gasteiger partial charge < -0.3 is 9.73 Å². The van der Waals surface area contributed by atoms with Gasteiger partial charge in [-0.3, -0.25) is 14.3 Å². The van der Waals surface area contributed by atoms with Gasteiger partial charge in [0.1, 0.15) is 6.26 Å². The van der Waals surface area contributed by atoms with Crippen LogP contribution in [0.3, 0.4) is 0 Å². The molecule has 10 heteroatoms. The first kappa shape index (κ1) is 21.1. The number of aromatic nitrogens is 5. The maximum atomic E-state index is 12.4. The van der Waals surface area contributed by atoms with E-state index in [0.29, 0.717) is 23.3 Å². The van der Waals surface area contributed by atoms with Crippen molar-refractivity contribution >= 4 is 29.0 Å². The summed E-state index contributed by atoms with van der Waals surface area (Å²) in [5.41, 5.74) is 2.11. The van der Waals surface area contributed by atoms with E-state index in [2.05, 4.69) is 25.5 Å². The molecule has 5 aromatic rings. The van der Waals surface area contributed by atoms with Crippen molar-refractivity contribution in [2.75, 3.05) is 0 Å². The van der Waals surface area contributed by atoms with Crippen LogP contribution in [0.15, 0.2) is 88.2 Å². The number of oxazole rings is 1. The predicted octanol–water partition coefficient (Wildman–Crippen LogP) is 4.60. The highest BCUT2D eigenvalue weighted by atomic mass is 32.2. The van der Waals surface area contributed by atoms with Gasteiger partial charge in [-0.15, -0.1) is 21.5 Å². The Balaban J connectivity index is 1.29. The van der Waals surface area contributed by atoms with E-state index in [4.69, 9.17) is 4.42 Å². The van der Waals surface area contributed by atoms with Gasteiger partial charge in [0.05, 0.1) is 10.6 Å². The SMILES string of the molecule is O=C(NCc1cccnc1)c1coc(CSc2nnc(-c3cccs3)n2-c2ccccc2)n1. The van der Waals surface area contributed by atoms with Crippen molar-refractivity contribution in [2.45, 2.75) is 17.5 Å². The topological polar surface area (TPSA) is 98.7 Å². The molecule has 0 unspecified atom stereocenters. The van der Waals surface area contributed by atoms with Crippen LogP contribution in [0.1, 0.15) is 21.9 Å². The molecular formula is C23H18N6O2S2. The van der Waals surface area contributed by atoms with E-state index < -0.39 is 0 Å². The first-order chi connectivity index (χ1) is 16.3. The van der Waals surface area contributed by atoms with E-state index in [0.717, 1.165) is 22.0 Å². The molecule has 1 N–H and O–H groups in total. The third-order valence-corrected chi connectivity index (χ3v) is 6.45. The number of pyridine rings is 1. The predicted molar refractivity (Wildman–Crippen MR) is 126 cm³/mol. The molecule has 33 heavy (non-hydrogen) atoms. The number of thiophene rings is 1. The quantitative estimate of drug-likeness (QED) is 0.328. The summed E-state index contributed by atoms with van der Waals surface area (Å²) in [6, 6.07) is 17.7. The highest BCUT2D eigenvalue weighted by Crippen LogP contribution is 2.31. The van der Waals surface area contributed by atoms with Gasteiger partial charge in [0.15, 0.2) is 16.7 Å². The Morgan fingerprint density at radius 2 is 2.00 bits per heavy atom. The molecule has 0 saturated carbocycles. The second-order valence-corrected chi connectivity index (χ2v) is 8.80. The molecule has 164 valence electrons. The fourth-order valence-corrected chi connectivity index (χ4v) is 4.63. The first-order valence-corrected chi connectivity index (χ1v) is 11.9. The first-order valence-electron chi connectivity index (χ1n) is 10.1. The van der Waals surface area contributed by atoms with Crippen molar-refractivity contribution in [2.24, 2.45) is 0 Å². The van der Waals surface area contributed by atoms with E-state index >= 15 is 0 Å². The summed E-state index contributed by atoms with van der Waals surface area (Å²) in [7, 11) is 0. The van der Waals surface area contributed by atoms with E-state index in [-0.39, 0.29) is 11.6 Å². The molecule has 0 bridgehead atoms. The third kappa shape index (κ3) is 4.86. The van der Waals surface area contributed by atoms with Crippen molar-refractivity contribution < 1.29 is 9.21 Å². The van der Waals surface area contributed by atoms with Gasteiger partial charge in [0, 0.05) is 24.6 Å². The van der Waals surface area contributed by atoms with Crippen LogP contribution in [-0.2, 0) is 12.3 Å². The summed E-state index contributed by atoms with van der Waals surface area (Å²) in [5.74, 6) is 1.32. The number of nitrogens with zero attached hydrogens (tertiary/aromatic N) is 5. The second kappa shape index (κ2) is 9.80. The van der Waals surface area contributed by atoms with Crippen LogP contribution in [-0.4, -0.2) is 30.6 Å². The molecule has 0 aliphatic carbocycles. The number of carbonyl (C=O) groups is 1. The van der Waals surface area contributed by atoms with Crippen LogP contribution in [0.5, 0.6) is 0 Å². The number of hydrogen-bond donors (Lipinski definition) is 1. The number of carbonyl (C=O) groups excluding carboxylic acids is 1. The molecule has 8 nitrogen and oxygen atoms in total. The van der Waals surface area contributed by atoms with Crippen molar-refractivity contribution in [3.05, 3.63) is 95.8 Å². The van der Waals surface area contributed by atoms with Crippen molar-refractivity contribution in [3.63, 3.8) is 0 Å². The minimum absolute atomic E-state index is 0.235. The van der Waals surface area contributed by atoms with E-state index in [1.807, 2.05) is 64.5 Å². The molecule has 4 heterocycles. The second-order valence-electron chi connectivity index (χ2n) is 6.91. The highest BCUT2D eigenvalue weighted by Gasteiger charge is 2.18. The standard InChI is InChI=1S/C23H18N6O2S2/c30-22(25-13-16-6-4-10-24-12-16)18-14-31-20(26-18)15-33-23-28-27-21(19-9-5-11-32-19)29(23)17-7-2-1-3-8-17/h1-12,14H,13,15H2,(H,25,30). The smallest absolute Gasteiger partial charge is 0.273 e. The van der Waals surface area contributed by atoms with Crippen molar-refractivity contribution in [1.29, 1.82) is 0 Å². The number of thioether (sulfide) groups is 1. The minimum Gasteiger partial charge on any atom is -0.447 e. The number of hydrogen-bond acceptors (Lipinski definition) is 8. The Hall–Kier alpha value is -3.76. The zero-order valence-corrected chi connectivity index (χ0v) is 18.9. The lowest BCUT2D eigenvalue weighted by molar-refractivity contribution is 0.0946. The molecule has 0 spiro atoms. The minimum atomic E-state index is -0.300. The number of rotatable bonds is 8. The molecule has 0 aliphatic heterocycles. The lowest BCUT2D eigenvalue weighted by Gasteiger charge is -2.08. The number of benzene rings is 1. The molecule has 5 rings (SSSR count). The van der Waals surface area contributed by atoms with Gasteiger partial charge in [-0.1, -0.05) is 42.1 Å². The van der Waals surface area contributed by atoms with Crippen LogP contribution in [0.25, 0.3) is 16.4 Å². The van der Waals surface area contributed by atoms with Gasteiger partial charge in [0.2, 0.25) is 5.89 Å². The number of amides is 1. The number of nitrogens with one attached hydrogen (secondary N) is 1. The summed E-state index contributed by atoms with van der Waals surface area (Å²) >= 11 is 3.06. The van der Waals surface area contributed by atoms with E-state index in [1.165, 1.54) is 18.0 Å². The van der Waals surface area contributed by atoms with Crippen LogP contribution in [0.4, 0.5) is 0 Å². The Kier molecular flexibility index (Phi) is 6.27. The Morgan fingerprint density at radius 3 is 2.79 bits per heavy atom. The Morgan fingerprint density at radius 1 is 1.09 bits per heavy atom. The lowest BCUT2D eigenvalue weighted by Crippen LogP contribution is -2.23. The molecule has 0 atom stereocenters. The molecule has 1 amide bonds. The van der Waals surface area contributed by atoms with Crippen molar-refractivity contribution in [1.82, 2.24) is 30.0 Å². The summed E-state index contributed by atoms with van der Waals surface area (Å²) in [5, 5.41) is 14.4. The van der Waals surface area contributed by atoms with Crippen molar-refractivity contribution in [3.8, 4) is 16.4 Å². The number of para-hydroxylation sites is 1. The Bertz CT molecular complexity index is 1330. The normalized spacial score (nSPS) is 10.9. The fraction of sp³-hybridized carbons (Fsp3) is 0.0870. The van der Waals surface area contributed by atoms with Gasteiger partial charge in [-0.25, -0.2) is 4.98 Å². The molecule has 4 aromatic heterocycles. The van der Waals surface area contributed by atoms with Gasteiger partial charge in [-0.2, -0.15) is 0 Å². The average Bonchev–Trinajstić information content (AvgIpc) is 3.63. The lowest BCUT2D eigenvalue weighted by atomic mass is 10.3. The molecule has 0 radical (unpaired) electrons. The molecule has 0 fully saturated rings. The molecule has 0 aliphatic rings. The van der Waals surface area contributed by atoms with Crippen LogP contribution >= 0.6 is 23.1 Å². The van der Waals surface area contributed by atoms with Crippen LogP contribution in [0, 0.1) is 0 Å². The molecular weight excluding hydrogens is 456 g/mol. The van der Waals surface area contributed by atoms with Crippen LogP contribution in [0.2, 0.25) is 0 Å². The zero-order valence-electron chi connectivity index (χ0n) is 17.3. The van der Waals surface area contributed by atoms with Crippen LogP contribution < -0.4 is 5.32 Å². The van der Waals surface area contributed by atoms with Gasteiger partial charge in [0.25, 0.3) is 5.91 Å². The summed E-state index contributed by atoms with van der Waals surface area (Å²) in [6.45, 7) is 0.370. The Labute approximate surface area is 197 Å².